The van der Waals surface area contributed by atoms with Crippen LogP contribution in [0.5, 0.6) is 0 Å². The molecule has 0 atom stereocenters. The third kappa shape index (κ3) is 3.43. The summed E-state index contributed by atoms with van der Waals surface area (Å²) in [5.74, 6) is 0. The molecule has 1 aromatic carbocycles. The van der Waals surface area contributed by atoms with Gasteiger partial charge in [0.2, 0.25) is 0 Å². The highest BCUT2D eigenvalue weighted by atomic mass is 32.1. The van der Waals surface area contributed by atoms with Crippen molar-refractivity contribution in [2.75, 3.05) is 44.2 Å². The number of nitrogens with zero attached hydrogens (tertiary/aromatic N) is 2. The molecule has 0 aromatic heterocycles. The maximum Gasteiger partial charge on any atom is 0.104 e. The average molecular weight is 279 g/mol. The number of anilines is 1. The molecule has 0 radical (unpaired) electrons. The Bertz CT molecular complexity index is 456. The molecule has 0 amide bonds. The first kappa shape index (κ1) is 14.2. The zero-order chi connectivity index (χ0) is 13.8. The fourth-order valence-electron chi connectivity index (χ4n) is 2.49. The van der Waals surface area contributed by atoms with Crippen molar-refractivity contribution in [2.45, 2.75) is 6.92 Å². The molecule has 19 heavy (non-hydrogen) atoms. The summed E-state index contributed by atoms with van der Waals surface area (Å²) in [6.45, 7) is 7.03. The molecular weight excluding hydrogens is 258 g/mol. The summed E-state index contributed by atoms with van der Waals surface area (Å²) in [7, 11) is 0. The van der Waals surface area contributed by atoms with Crippen molar-refractivity contribution in [1.82, 2.24) is 4.90 Å². The number of benzene rings is 1. The molecule has 104 valence electrons. The van der Waals surface area contributed by atoms with Gasteiger partial charge in [0.25, 0.3) is 0 Å². The van der Waals surface area contributed by atoms with Gasteiger partial charge in [0.15, 0.2) is 0 Å². The van der Waals surface area contributed by atoms with Crippen LogP contribution in [-0.2, 0) is 0 Å². The predicted molar refractivity (Wildman–Crippen MR) is 82.8 cm³/mol. The molecule has 4 nitrogen and oxygen atoms in total. The van der Waals surface area contributed by atoms with Crippen LogP contribution < -0.4 is 10.6 Å². The van der Waals surface area contributed by atoms with Crippen LogP contribution in [0.2, 0.25) is 0 Å². The molecule has 0 aliphatic carbocycles. The van der Waals surface area contributed by atoms with Gasteiger partial charge in [-0.2, -0.15) is 0 Å². The number of piperazine rings is 1. The van der Waals surface area contributed by atoms with E-state index < -0.39 is 0 Å². The second-order valence-electron chi connectivity index (χ2n) is 4.92. The number of hydrogen-bond acceptors (Lipinski definition) is 4. The van der Waals surface area contributed by atoms with E-state index in [0.29, 0.717) is 4.99 Å². The van der Waals surface area contributed by atoms with Crippen LogP contribution in [0.25, 0.3) is 0 Å². The van der Waals surface area contributed by atoms with E-state index >= 15 is 0 Å². The zero-order valence-corrected chi connectivity index (χ0v) is 12.1. The topological polar surface area (TPSA) is 52.7 Å². The first-order valence-corrected chi connectivity index (χ1v) is 7.01. The normalized spacial score (nSPS) is 16.6. The van der Waals surface area contributed by atoms with Gasteiger partial charge in [-0.15, -0.1) is 0 Å². The van der Waals surface area contributed by atoms with Gasteiger partial charge < -0.3 is 15.7 Å². The van der Waals surface area contributed by atoms with Crippen molar-refractivity contribution >= 4 is 22.9 Å². The number of β-amino-alcohol motifs (C(OH)–C–C–N with tert-alkyl or cyclic N) is 1. The Balaban J connectivity index is 2.04. The predicted octanol–water partition coefficient (Wildman–Crippen LogP) is 0.744. The Kier molecular flexibility index (Phi) is 4.74. The van der Waals surface area contributed by atoms with Crippen LogP contribution in [0, 0.1) is 6.92 Å². The summed E-state index contributed by atoms with van der Waals surface area (Å²) in [5.41, 5.74) is 8.99. The van der Waals surface area contributed by atoms with Crippen molar-refractivity contribution in [3.8, 4) is 0 Å². The molecule has 0 bridgehead atoms. The van der Waals surface area contributed by atoms with Crippen LogP contribution >= 0.6 is 12.2 Å². The minimum absolute atomic E-state index is 0.238. The lowest BCUT2D eigenvalue weighted by molar-refractivity contribution is 0.189. The van der Waals surface area contributed by atoms with Gasteiger partial charge >= 0.3 is 0 Å². The Labute approximate surface area is 119 Å². The molecule has 5 heteroatoms. The Morgan fingerprint density at radius 1 is 1.32 bits per heavy atom. The molecule has 0 unspecified atom stereocenters. The van der Waals surface area contributed by atoms with E-state index in [0.717, 1.165) is 43.9 Å². The number of aryl methyl sites for hydroxylation is 1. The second kappa shape index (κ2) is 6.32. The monoisotopic (exact) mass is 279 g/mol. The van der Waals surface area contributed by atoms with E-state index in [1.54, 1.807) is 0 Å². The van der Waals surface area contributed by atoms with Crippen LogP contribution in [0.3, 0.4) is 0 Å². The maximum absolute atomic E-state index is 8.94. The van der Waals surface area contributed by atoms with Gasteiger partial charge in [0.1, 0.15) is 4.99 Å². The molecule has 1 saturated heterocycles. The minimum Gasteiger partial charge on any atom is -0.395 e. The van der Waals surface area contributed by atoms with E-state index in [2.05, 4.69) is 21.9 Å². The Hall–Kier alpha value is -1.17. The fourth-order valence-corrected chi connectivity index (χ4v) is 2.72. The fraction of sp³-hybridized carbons (Fsp3) is 0.500. The van der Waals surface area contributed by atoms with Gasteiger partial charge in [-0.05, 0) is 30.7 Å². The highest BCUT2D eigenvalue weighted by molar-refractivity contribution is 7.80. The largest absolute Gasteiger partial charge is 0.395 e. The number of rotatable bonds is 4. The molecule has 1 aliphatic rings. The number of aliphatic hydroxyl groups is 1. The van der Waals surface area contributed by atoms with E-state index in [9.17, 15) is 0 Å². The lowest BCUT2D eigenvalue weighted by atomic mass is 10.1. The number of aliphatic hydroxyl groups excluding tert-OH is 1. The van der Waals surface area contributed by atoms with Crippen molar-refractivity contribution in [3.05, 3.63) is 29.3 Å². The van der Waals surface area contributed by atoms with E-state index in [-0.39, 0.29) is 6.61 Å². The average Bonchev–Trinajstić information content (AvgIpc) is 2.39. The summed E-state index contributed by atoms with van der Waals surface area (Å²) in [6.07, 6.45) is 0. The van der Waals surface area contributed by atoms with Crippen molar-refractivity contribution in [1.29, 1.82) is 0 Å². The quantitative estimate of drug-likeness (QED) is 0.796. The van der Waals surface area contributed by atoms with Crippen molar-refractivity contribution in [3.63, 3.8) is 0 Å². The van der Waals surface area contributed by atoms with E-state index in [1.807, 2.05) is 13.0 Å². The van der Waals surface area contributed by atoms with Gasteiger partial charge in [0.05, 0.1) is 6.61 Å². The Morgan fingerprint density at radius 2 is 2.00 bits per heavy atom. The summed E-state index contributed by atoms with van der Waals surface area (Å²) >= 11 is 5.03. The lowest BCUT2D eigenvalue weighted by Crippen LogP contribution is -2.47. The molecule has 0 saturated carbocycles. The zero-order valence-electron chi connectivity index (χ0n) is 11.3. The number of nitrogens with two attached hydrogens (primary N) is 1. The smallest absolute Gasteiger partial charge is 0.104 e. The van der Waals surface area contributed by atoms with Crippen LogP contribution in [-0.4, -0.2) is 54.3 Å². The lowest BCUT2D eigenvalue weighted by Gasteiger charge is -2.36. The van der Waals surface area contributed by atoms with Crippen LogP contribution in [0.4, 0.5) is 5.69 Å². The summed E-state index contributed by atoms with van der Waals surface area (Å²) in [4.78, 5) is 5.11. The SMILES string of the molecule is Cc1cc(N2CCN(CCO)CC2)ccc1C(N)=S. The van der Waals surface area contributed by atoms with Gasteiger partial charge in [-0.3, -0.25) is 4.90 Å². The standard InChI is InChI=1S/C14H21N3OS/c1-11-10-12(2-3-13(11)14(15)19)17-6-4-16(5-7-17)8-9-18/h2-3,10,18H,4-9H2,1H3,(H2,15,19). The van der Waals surface area contributed by atoms with Gasteiger partial charge in [-0.25, -0.2) is 0 Å². The van der Waals surface area contributed by atoms with E-state index in [1.165, 1.54) is 5.69 Å². The minimum atomic E-state index is 0.238. The molecule has 2 rings (SSSR count). The first-order valence-electron chi connectivity index (χ1n) is 6.60. The van der Waals surface area contributed by atoms with Crippen molar-refractivity contribution < 1.29 is 5.11 Å². The van der Waals surface area contributed by atoms with Gasteiger partial charge in [0, 0.05) is 44.0 Å². The molecular formula is C14H21N3OS. The summed E-state index contributed by atoms with van der Waals surface area (Å²) in [6, 6.07) is 6.24. The van der Waals surface area contributed by atoms with Gasteiger partial charge in [-0.1, -0.05) is 12.2 Å². The second-order valence-corrected chi connectivity index (χ2v) is 5.36. The highest BCUT2D eigenvalue weighted by Gasteiger charge is 2.17. The Morgan fingerprint density at radius 3 is 2.53 bits per heavy atom. The van der Waals surface area contributed by atoms with Crippen LogP contribution in [0.1, 0.15) is 11.1 Å². The number of hydrogen-bond donors (Lipinski definition) is 2. The molecule has 0 spiro atoms. The molecule has 1 aliphatic heterocycles. The summed E-state index contributed by atoms with van der Waals surface area (Å²) < 4.78 is 0. The third-order valence-corrected chi connectivity index (χ3v) is 3.85. The maximum atomic E-state index is 8.94. The third-order valence-electron chi connectivity index (χ3n) is 3.63. The van der Waals surface area contributed by atoms with Crippen LogP contribution in [0.15, 0.2) is 18.2 Å². The first-order chi connectivity index (χ1) is 9.11. The molecule has 1 heterocycles. The number of thiocarbonyl (C=S) groups is 1. The molecule has 3 N–H and O–H groups in total. The molecule has 1 aromatic rings. The van der Waals surface area contributed by atoms with Crippen molar-refractivity contribution in [2.24, 2.45) is 5.73 Å². The molecule has 1 fully saturated rings. The van der Waals surface area contributed by atoms with E-state index in [4.69, 9.17) is 23.1 Å². The highest BCUT2D eigenvalue weighted by Crippen LogP contribution is 2.20. The summed E-state index contributed by atoms with van der Waals surface area (Å²) in [5, 5.41) is 8.94.